The molecule has 0 aliphatic heterocycles. The number of aromatic nitrogens is 3. The van der Waals surface area contributed by atoms with Crippen molar-refractivity contribution in [2.75, 3.05) is 0 Å². The van der Waals surface area contributed by atoms with E-state index in [1.165, 1.54) is 0 Å². The minimum absolute atomic E-state index is 0.646. The molecule has 57 heavy (non-hydrogen) atoms. The normalized spacial score (nSPS) is 11.5. The van der Waals surface area contributed by atoms with E-state index in [0.29, 0.717) is 11.4 Å². The highest BCUT2D eigenvalue weighted by Crippen LogP contribution is 2.46. The highest BCUT2D eigenvalue weighted by Gasteiger charge is 2.25. The van der Waals surface area contributed by atoms with Gasteiger partial charge in [0.2, 0.25) is 0 Å². The van der Waals surface area contributed by atoms with E-state index < -0.39 is 0 Å². The molecule has 0 unspecified atom stereocenters. The SMILES string of the molecule is c1ccc(Oc2ccc3c(c2)c2ccccc2n3-c2c(-c3ccccc3)cc(-c3nc(-c4ccccc4)nc4c3oc3ccccc34)cc2-c2ccccc2)cc1. The van der Waals surface area contributed by atoms with E-state index >= 15 is 0 Å². The summed E-state index contributed by atoms with van der Waals surface area (Å²) in [6.45, 7) is 0. The van der Waals surface area contributed by atoms with Crippen LogP contribution >= 0.6 is 0 Å². The van der Waals surface area contributed by atoms with Crippen LogP contribution in [0.4, 0.5) is 0 Å². The van der Waals surface area contributed by atoms with E-state index in [9.17, 15) is 0 Å². The smallest absolute Gasteiger partial charge is 0.180 e. The predicted octanol–water partition coefficient (Wildman–Crippen LogP) is 13.9. The zero-order valence-corrected chi connectivity index (χ0v) is 30.7. The first-order valence-electron chi connectivity index (χ1n) is 19.1. The molecule has 0 saturated carbocycles. The lowest BCUT2D eigenvalue weighted by Crippen LogP contribution is -2.02. The number of benzene rings is 8. The Morgan fingerprint density at radius 1 is 0.421 bits per heavy atom. The van der Waals surface area contributed by atoms with Crippen molar-refractivity contribution in [3.8, 4) is 62.1 Å². The van der Waals surface area contributed by atoms with Crippen molar-refractivity contribution in [3.63, 3.8) is 0 Å². The van der Waals surface area contributed by atoms with E-state index in [4.69, 9.17) is 19.1 Å². The molecule has 0 bridgehead atoms. The minimum atomic E-state index is 0.646. The Morgan fingerprint density at radius 2 is 0.982 bits per heavy atom. The van der Waals surface area contributed by atoms with Gasteiger partial charge in [-0.2, -0.15) is 0 Å². The Morgan fingerprint density at radius 3 is 1.67 bits per heavy atom. The monoisotopic (exact) mass is 731 g/mol. The standard InChI is InChI=1S/C52H33N3O2/c1-5-17-34(18-6-1)42-31-37(48-51-49(41-26-14-16-28-47(41)57-51)54-52(53-48)36-21-9-3-10-22-36)32-43(35-19-7-2-8-20-35)50(42)55-45-27-15-13-25-40(45)44-33-39(29-30-46(44)55)56-38-23-11-4-12-24-38/h1-33H. The average Bonchev–Trinajstić information content (AvgIpc) is 3.82. The maximum atomic E-state index is 6.65. The number of hydrogen-bond acceptors (Lipinski definition) is 4. The van der Waals surface area contributed by atoms with Gasteiger partial charge in [0, 0.05) is 38.4 Å². The molecule has 0 atom stereocenters. The van der Waals surface area contributed by atoms with Crippen molar-refractivity contribution in [2.45, 2.75) is 0 Å². The Hall–Kier alpha value is -7.76. The molecule has 0 radical (unpaired) electrons. The van der Waals surface area contributed by atoms with Crippen LogP contribution in [-0.2, 0) is 0 Å². The molecule has 5 nitrogen and oxygen atoms in total. The maximum Gasteiger partial charge on any atom is 0.180 e. The molecule has 3 aromatic heterocycles. The molecule has 11 aromatic rings. The second-order valence-corrected chi connectivity index (χ2v) is 14.1. The Labute approximate surface area is 328 Å². The summed E-state index contributed by atoms with van der Waals surface area (Å²) < 4.78 is 15.4. The third-order valence-corrected chi connectivity index (χ3v) is 10.7. The Kier molecular flexibility index (Phi) is 7.74. The van der Waals surface area contributed by atoms with E-state index in [-0.39, 0.29) is 0 Å². The highest BCUT2D eigenvalue weighted by molar-refractivity contribution is 6.12. The van der Waals surface area contributed by atoms with Crippen LogP contribution < -0.4 is 4.74 Å². The van der Waals surface area contributed by atoms with Crippen molar-refractivity contribution >= 4 is 43.9 Å². The van der Waals surface area contributed by atoms with E-state index in [0.717, 1.165) is 94.6 Å². The second-order valence-electron chi connectivity index (χ2n) is 14.1. The van der Waals surface area contributed by atoms with Crippen LogP contribution in [0.15, 0.2) is 205 Å². The van der Waals surface area contributed by atoms with Gasteiger partial charge < -0.3 is 13.7 Å². The maximum absolute atomic E-state index is 6.65. The van der Waals surface area contributed by atoms with Crippen LogP contribution in [0.25, 0.3) is 94.5 Å². The lowest BCUT2D eigenvalue weighted by Gasteiger charge is -2.21. The zero-order chi connectivity index (χ0) is 37.7. The van der Waals surface area contributed by atoms with Gasteiger partial charge in [0.1, 0.15) is 28.3 Å². The Bertz CT molecular complexity index is 3180. The number of para-hydroxylation sites is 3. The molecule has 8 aromatic carbocycles. The number of furan rings is 1. The molecule has 0 spiro atoms. The van der Waals surface area contributed by atoms with Gasteiger partial charge in [0.25, 0.3) is 0 Å². The van der Waals surface area contributed by atoms with Crippen LogP contribution in [-0.4, -0.2) is 14.5 Å². The molecule has 0 amide bonds. The fourth-order valence-electron chi connectivity index (χ4n) is 8.07. The topological polar surface area (TPSA) is 53.1 Å². The van der Waals surface area contributed by atoms with Crippen molar-refractivity contribution < 1.29 is 9.15 Å². The molecule has 0 fully saturated rings. The number of ether oxygens (including phenoxy) is 1. The summed E-state index contributed by atoms with van der Waals surface area (Å²) in [5.41, 5.74) is 12.4. The average molecular weight is 732 g/mol. The molecule has 0 aliphatic carbocycles. The van der Waals surface area contributed by atoms with Crippen LogP contribution in [0.1, 0.15) is 0 Å². The van der Waals surface area contributed by atoms with Crippen molar-refractivity contribution in [2.24, 2.45) is 0 Å². The molecular formula is C52H33N3O2. The summed E-state index contributed by atoms with van der Waals surface area (Å²) in [4.78, 5) is 10.4. The van der Waals surface area contributed by atoms with Gasteiger partial charge in [-0.05, 0) is 71.8 Å². The number of fused-ring (bicyclic) bond motifs is 6. The number of rotatable bonds is 7. The van der Waals surface area contributed by atoms with E-state index in [2.05, 4.69) is 138 Å². The van der Waals surface area contributed by atoms with Crippen molar-refractivity contribution in [3.05, 3.63) is 200 Å². The second kappa shape index (κ2) is 13.5. The number of hydrogen-bond donors (Lipinski definition) is 0. The van der Waals surface area contributed by atoms with Gasteiger partial charge >= 0.3 is 0 Å². The largest absolute Gasteiger partial charge is 0.457 e. The fourth-order valence-corrected chi connectivity index (χ4v) is 8.07. The van der Waals surface area contributed by atoms with Crippen LogP contribution in [0.2, 0.25) is 0 Å². The molecule has 11 rings (SSSR count). The van der Waals surface area contributed by atoms with Crippen LogP contribution in [0.5, 0.6) is 11.5 Å². The predicted molar refractivity (Wildman–Crippen MR) is 232 cm³/mol. The van der Waals surface area contributed by atoms with Crippen LogP contribution in [0.3, 0.4) is 0 Å². The quantitative estimate of drug-likeness (QED) is 0.164. The summed E-state index contributed by atoms with van der Waals surface area (Å²) >= 11 is 0. The molecule has 3 heterocycles. The van der Waals surface area contributed by atoms with Crippen LogP contribution in [0, 0.1) is 0 Å². The minimum Gasteiger partial charge on any atom is -0.457 e. The summed E-state index contributed by atoms with van der Waals surface area (Å²) in [5.74, 6) is 2.23. The highest BCUT2D eigenvalue weighted by atomic mass is 16.5. The van der Waals surface area contributed by atoms with Crippen molar-refractivity contribution in [1.29, 1.82) is 0 Å². The third kappa shape index (κ3) is 5.64. The first kappa shape index (κ1) is 32.7. The van der Waals surface area contributed by atoms with Gasteiger partial charge in [-0.3, -0.25) is 0 Å². The molecule has 268 valence electrons. The Balaban J connectivity index is 1.24. The van der Waals surface area contributed by atoms with Gasteiger partial charge in [0.15, 0.2) is 11.4 Å². The molecule has 0 aliphatic rings. The van der Waals surface area contributed by atoms with Gasteiger partial charge in [-0.1, -0.05) is 140 Å². The lowest BCUT2D eigenvalue weighted by molar-refractivity contribution is 0.483. The summed E-state index contributed by atoms with van der Waals surface area (Å²) in [6.07, 6.45) is 0. The molecular weight excluding hydrogens is 699 g/mol. The van der Waals surface area contributed by atoms with Gasteiger partial charge in [-0.15, -0.1) is 0 Å². The first-order chi connectivity index (χ1) is 28.3. The summed E-state index contributed by atoms with van der Waals surface area (Å²) in [7, 11) is 0. The first-order valence-corrected chi connectivity index (χ1v) is 19.1. The zero-order valence-electron chi connectivity index (χ0n) is 30.7. The fraction of sp³-hybridized carbons (Fsp3) is 0. The lowest BCUT2D eigenvalue weighted by atomic mass is 9.91. The van der Waals surface area contributed by atoms with Gasteiger partial charge in [-0.25, -0.2) is 9.97 Å². The van der Waals surface area contributed by atoms with Crippen molar-refractivity contribution in [1.82, 2.24) is 14.5 Å². The number of nitrogens with zero attached hydrogens (tertiary/aromatic N) is 3. The molecule has 0 N–H and O–H groups in total. The molecule has 0 saturated heterocycles. The van der Waals surface area contributed by atoms with E-state index in [1.54, 1.807) is 0 Å². The molecule has 5 heteroatoms. The van der Waals surface area contributed by atoms with E-state index in [1.807, 2.05) is 66.7 Å². The summed E-state index contributed by atoms with van der Waals surface area (Å²) in [5, 5.41) is 3.20. The third-order valence-electron chi connectivity index (χ3n) is 10.7. The van der Waals surface area contributed by atoms with Gasteiger partial charge in [0.05, 0.1) is 16.7 Å². The summed E-state index contributed by atoms with van der Waals surface area (Å²) in [6, 6.07) is 69.0.